The van der Waals surface area contributed by atoms with E-state index in [1.54, 1.807) is 6.92 Å². The van der Waals surface area contributed by atoms with Gasteiger partial charge in [0.05, 0.1) is 16.8 Å². The van der Waals surface area contributed by atoms with Crippen LogP contribution in [0.2, 0.25) is 0 Å². The number of nitrogens with zero attached hydrogens (tertiary/aromatic N) is 3. The minimum Gasteiger partial charge on any atom is -0.351 e. The summed E-state index contributed by atoms with van der Waals surface area (Å²) in [5, 5.41) is 11.7. The Hall–Kier alpha value is -1.87. The summed E-state index contributed by atoms with van der Waals surface area (Å²) in [6.45, 7) is 4.54. The lowest BCUT2D eigenvalue weighted by Crippen LogP contribution is -2.40. The summed E-state index contributed by atoms with van der Waals surface area (Å²) >= 11 is 1.35. The van der Waals surface area contributed by atoms with E-state index >= 15 is 0 Å². The lowest BCUT2D eigenvalue weighted by Gasteiger charge is -2.15. The van der Waals surface area contributed by atoms with Gasteiger partial charge in [-0.25, -0.2) is 8.42 Å². The minimum absolute atomic E-state index is 0.0303. The third-order valence-electron chi connectivity index (χ3n) is 4.54. The van der Waals surface area contributed by atoms with Crippen molar-refractivity contribution in [3.05, 3.63) is 41.7 Å². The molecule has 0 saturated carbocycles. The fourth-order valence-electron chi connectivity index (χ4n) is 3.07. The van der Waals surface area contributed by atoms with Crippen molar-refractivity contribution in [3.8, 4) is 0 Å². The van der Waals surface area contributed by atoms with E-state index in [0.29, 0.717) is 24.5 Å². The van der Waals surface area contributed by atoms with Crippen LogP contribution in [0.15, 0.2) is 35.5 Å². The second kappa shape index (κ2) is 8.43. The SMILES string of the molecule is CCn1c(Cc2ccccc2)nnc1S[C@H](C)C(=O)N[C@@H]1CCS(=O)(=O)C1. The Morgan fingerprint density at radius 2 is 2.07 bits per heavy atom. The van der Waals surface area contributed by atoms with E-state index in [1.165, 1.54) is 11.8 Å². The molecular formula is C18H24N4O3S2. The fraction of sp³-hybridized carbons (Fsp3) is 0.500. The lowest BCUT2D eigenvalue weighted by molar-refractivity contribution is -0.120. The summed E-state index contributed by atoms with van der Waals surface area (Å²) in [6, 6.07) is 9.77. The molecule has 3 rings (SSSR count). The van der Waals surface area contributed by atoms with Crippen LogP contribution in [0.25, 0.3) is 0 Å². The predicted molar refractivity (Wildman–Crippen MR) is 105 cm³/mol. The van der Waals surface area contributed by atoms with Gasteiger partial charge in [0.1, 0.15) is 5.82 Å². The number of thioether (sulfide) groups is 1. The highest BCUT2D eigenvalue weighted by Crippen LogP contribution is 2.24. The summed E-state index contributed by atoms with van der Waals surface area (Å²) < 4.78 is 25.1. The van der Waals surface area contributed by atoms with Gasteiger partial charge in [0.2, 0.25) is 5.91 Å². The van der Waals surface area contributed by atoms with Crippen molar-refractivity contribution in [2.75, 3.05) is 11.5 Å². The number of sulfone groups is 1. The molecule has 0 bridgehead atoms. The van der Waals surface area contributed by atoms with Gasteiger partial charge >= 0.3 is 0 Å². The van der Waals surface area contributed by atoms with Crippen LogP contribution in [0, 0.1) is 0 Å². The zero-order valence-corrected chi connectivity index (χ0v) is 17.1. The summed E-state index contributed by atoms with van der Waals surface area (Å²) in [5.74, 6) is 0.868. The first kappa shape index (κ1) is 19.9. The lowest BCUT2D eigenvalue weighted by atomic mass is 10.1. The number of aromatic nitrogens is 3. The zero-order chi connectivity index (χ0) is 19.4. The van der Waals surface area contributed by atoms with Crippen molar-refractivity contribution in [2.24, 2.45) is 0 Å². The molecule has 1 aromatic carbocycles. The maximum absolute atomic E-state index is 12.4. The van der Waals surface area contributed by atoms with Crippen LogP contribution in [0.4, 0.5) is 0 Å². The van der Waals surface area contributed by atoms with E-state index < -0.39 is 9.84 Å². The minimum atomic E-state index is -3.01. The Morgan fingerprint density at radius 3 is 2.70 bits per heavy atom. The monoisotopic (exact) mass is 408 g/mol. The van der Waals surface area contributed by atoms with Crippen LogP contribution in [0.5, 0.6) is 0 Å². The summed E-state index contributed by atoms with van der Waals surface area (Å²) in [5.41, 5.74) is 1.16. The first-order valence-corrected chi connectivity index (χ1v) is 11.7. The van der Waals surface area contributed by atoms with Crippen LogP contribution in [-0.4, -0.2) is 51.9 Å². The molecule has 0 unspecified atom stereocenters. The molecule has 9 heteroatoms. The Balaban J connectivity index is 1.63. The van der Waals surface area contributed by atoms with Crippen molar-refractivity contribution in [3.63, 3.8) is 0 Å². The molecule has 1 amide bonds. The highest BCUT2D eigenvalue weighted by molar-refractivity contribution is 8.00. The normalized spacial score (nSPS) is 19.7. The standard InChI is InChI=1S/C18H24N4O3S2/c1-3-22-16(11-14-7-5-4-6-8-14)20-21-18(22)26-13(2)17(23)19-15-9-10-27(24,25)12-15/h4-8,13,15H,3,9-12H2,1-2H3,(H,19,23)/t13-,15-/m1/s1. The molecule has 0 spiro atoms. The average molecular weight is 409 g/mol. The van der Waals surface area contributed by atoms with Gasteiger partial charge in [0.15, 0.2) is 15.0 Å². The molecule has 1 aliphatic rings. The van der Waals surface area contributed by atoms with Gasteiger partial charge in [-0.15, -0.1) is 10.2 Å². The molecule has 0 radical (unpaired) electrons. The van der Waals surface area contributed by atoms with Gasteiger partial charge in [-0.3, -0.25) is 4.79 Å². The largest absolute Gasteiger partial charge is 0.351 e. The van der Waals surface area contributed by atoms with Crippen molar-refractivity contribution < 1.29 is 13.2 Å². The van der Waals surface area contributed by atoms with Gasteiger partial charge in [-0.2, -0.15) is 0 Å². The summed E-state index contributed by atoms with van der Waals surface area (Å²) in [4.78, 5) is 12.4. The van der Waals surface area contributed by atoms with E-state index in [1.807, 2.05) is 41.8 Å². The molecule has 7 nitrogen and oxygen atoms in total. The number of amides is 1. The number of nitrogens with one attached hydrogen (secondary N) is 1. The average Bonchev–Trinajstić information content (AvgIpc) is 3.17. The molecule has 0 aliphatic carbocycles. The molecule has 27 heavy (non-hydrogen) atoms. The van der Waals surface area contributed by atoms with Crippen LogP contribution in [0.1, 0.15) is 31.7 Å². The van der Waals surface area contributed by atoms with Crippen LogP contribution >= 0.6 is 11.8 Å². The van der Waals surface area contributed by atoms with Crippen molar-refractivity contribution >= 4 is 27.5 Å². The van der Waals surface area contributed by atoms with Crippen LogP contribution < -0.4 is 5.32 Å². The highest BCUT2D eigenvalue weighted by Gasteiger charge is 2.30. The second-order valence-corrected chi connectivity index (χ2v) is 10.2. The van der Waals surface area contributed by atoms with E-state index in [2.05, 4.69) is 15.5 Å². The number of carbonyl (C=O) groups excluding carboxylic acids is 1. The number of carbonyl (C=O) groups is 1. The second-order valence-electron chi connectivity index (χ2n) is 6.67. The molecule has 2 heterocycles. The van der Waals surface area contributed by atoms with Gasteiger partial charge in [0.25, 0.3) is 0 Å². The summed E-state index contributed by atoms with van der Waals surface area (Å²) in [7, 11) is -3.01. The Kier molecular flexibility index (Phi) is 6.21. The van der Waals surface area contributed by atoms with E-state index in [0.717, 1.165) is 11.4 Å². The Labute approximate surface area is 163 Å². The van der Waals surface area contributed by atoms with E-state index in [-0.39, 0.29) is 28.7 Å². The van der Waals surface area contributed by atoms with Crippen molar-refractivity contribution in [1.29, 1.82) is 0 Å². The third-order valence-corrected chi connectivity index (χ3v) is 7.39. The topological polar surface area (TPSA) is 93.9 Å². The van der Waals surface area contributed by atoms with E-state index in [4.69, 9.17) is 0 Å². The third kappa shape index (κ3) is 5.10. The van der Waals surface area contributed by atoms with Gasteiger partial charge in [-0.1, -0.05) is 42.1 Å². The van der Waals surface area contributed by atoms with Gasteiger partial charge in [0, 0.05) is 19.0 Å². The highest BCUT2D eigenvalue weighted by atomic mass is 32.2. The maximum Gasteiger partial charge on any atom is 0.233 e. The molecule has 1 saturated heterocycles. The smallest absolute Gasteiger partial charge is 0.233 e. The molecule has 2 aromatic rings. The Bertz CT molecular complexity index is 897. The number of benzene rings is 1. The van der Waals surface area contributed by atoms with Crippen LogP contribution in [0.3, 0.4) is 0 Å². The fourth-order valence-corrected chi connectivity index (χ4v) is 5.69. The summed E-state index contributed by atoms with van der Waals surface area (Å²) in [6.07, 6.45) is 1.17. The maximum atomic E-state index is 12.4. The Morgan fingerprint density at radius 1 is 1.33 bits per heavy atom. The van der Waals surface area contributed by atoms with Gasteiger partial charge in [-0.05, 0) is 25.8 Å². The molecular weight excluding hydrogens is 384 g/mol. The van der Waals surface area contributed by atoms with Crippen molar-refractivity contribution in [2.45, 2.75) is 49.7 Å². The van der Waals surface area contributed by atoms with Crippen LogP contribution in [-0.2, 0) is 27.6 Å². The molecule has 1 fully saturated rings. The first-order valence-electron chi connectivity index (χ1n) is 9.01. The van der Waals surface area contributed by atoms with Gasteiger partial charge < -0.3 is 9.88 Å². The molecule has 146 valence electrons. The number of hydrogen-bond acceptors (Lipinski definition) is 6. The number of hydrogen-bond donors (Lipinski definition) is 1. The molecule has 1 N–H and O–H groups in total. The quantitative estimate of drug-likeness (QED) is 0.701. The molecule has 1 aromatic heterocycles. The molecule has 2 atom stereocenters. The van der Waals surface area contributed by atoms with Crippen molar-refractivity contribution in [1.82, 2.24) is 20.1 Å². The zero-order valence-electron chi connectivity index (χ0n) is 15.5. The molecule has 1 aliphatic heterocycles. The first-order chi connectivity index (χ1) is 12.9. The van der Waals surface area contributed by atoms with E-state index in [9.17, 15) is 13.2 Å². The number of rotatable bonds is 7. The predicted octanol–water partition coefficient (Wildman–Crippen LogP) is 1.67.